The van der Waals surface area contributed by atoms with Crippen LogP contribution in [0.1, 0.15) is 24.1 Å². The Morgan fingerprint density at radius 1 is 1.05 bits per heavy atom. The molecular weight excluding hydrogens is 258 g/mol. The number of likely N-dealkylation sites (N-methyl/N-ethyl adjacent to an activating group) is 1. The molecule has 0 bridgehead atoms. The van der Waals surface area contributed by atoms with Gasteiger partial charge >= 0.3 is 0 Å². The SMILES string of the molecule is CCNC(Cc1cccnc1)c1cccc2ncccc12. The van der Waals surface area contributed by atoms with E-state index in [9.17, 15) is 0 Å². The van der Waals surface area contributed by atoms with Gasteiger partial charge < -0.3 is 5.32 Å². The third-order valence-corrected chi connectivity index (χ3v) is 3.67. The molecule has 2 aromatic heterocycles. The van der Waals surface area contributed by atoms with Crippen molar-refractivity contribution in [3.05, 3.63) is 72.2 Å². The predicted octanol–water partition coefficient (Wildman–Crippen LogP) is 3.52. The van der Waals surface area contributed by atoms with E-state index in [1.54, 1.807) is 0 Å². The van der Waals surface area contributed by atoms with Crippen molar-refractivity contribution in [2.24, 2.45) is 0 Å². The lowest BCUT2D eigenvalue weighted by atomic mass is 9.96. The second-order valence-electron chi connectivity index (χ2n) is 5.09. The average Bonchev–Trinajstić information content (AvgIpc) is 2.55. The fourth-order valence-electron chi connectivity index (χ4n) is 2.72. The summed E-state index contributed by atoms with van der Waals surface area (Å²) >= 11 is 0. The molecule has 0 saturated heterocycles. The minimum Gasteiger partial charge on any atom is -0.310 e. The van der Waals surface area contributed by atoms with E-state index in [4.69, 9.17) is 0 Å². The second kappa shape index (κ2) is 6.46. The van der Waals surface area contributed by atoms with E-state index in [0.717, 1.165) is 18.5 Å². The molecule has 3 nitrogen and oxygen atoms in total. The molecule has 0 saturated carbocycles. The Bertz CT molecular complexity index is 704. The number of nitrogens with zero attached hydrogens (tertiary/aromatic N) is 2. The van der Waals surface area contributed by atoms with Crippen LogP contribution in [0.2, 0.25) is 0 Å². The van der Waals surface area contributed by atoms with Crippen LogP contribution in [-0.4, -0.2) is 16.5 Å². The van der Waals surface area contributed by atoms with E-state index in [-0.39, 0.29) is 6.04 Å². The molecule has 1 aromatic carbocycles. The number of fused-ring (bicyclic) bond motifs is 1. The molecule has 0 aliphatic heterocycles. The lowest BCUT2D eigenvalue weighted by Crippen LogP contribution is -2.23. The van der Waals surface area contributed by atoms with Gasteiger partial charge in [-0.1, -0.05) is 31.2 Å². The van der Waals surface area contributed by atoms with Crippen LogP contribution in [0.5, 0.6) is 0 Å². The number of hydrogen-bond donors (Lipinski definition) is 1. The first-order valence-corrected chi connectivity index (χ1v) is 7.34. The molecule has 2 heterocycles. The number of pyridine rings is 2. The van der Waals surface area contributed by atoms with Crippen LogP contribution in [0.3, 0.4) is 0 Å². The third kappa shape index (κ3) is 3.09. The lowest BCUT2D eigenvalue weighted by Gasteiger charge is -2.20. The molecule has 0 radical (unpaired) electrons. The molecule has 1 atom stereocenters. The van der Waals surface area contributed by atoms with Gasteiger partial charge in [-0.25, -0.2) is 0 Å². The summed E-state index contributed by atoms with van der Waals surface area (Å²) in [6.45, 7) is 3.07. The molecule has 0 amide bonds. The Labute approximate surface area is 125 Å². The highest BCUT2D eigenvalue weighted by Gasteiger charge is 2.14. The summed E-state index contributed by atoms with van der Waals surface area (Å²) in [6, 6.07) is 14.9. The summed E-state index contributed by atoms with van der Waals surface area (Å²) in [6.07, 6.45) is 6.52. The fraction of sp³-hybridized carbons (Fsp3) is 0.222. The molecule has 1 unspecified atom stereocenters. The maximum absolute atomic E-state index is 4.45. The molecule has 3 aromatic rings. The molecule has 0 aliphatic rings. The zero-order chi connectivity index (χ0) is 14.5. The fourth-order valence-corrected chi connectivity index (χ4v) is 2.72. The Hall–Kier alpha value is -2.26. The Morgan fingerprint density at radius 2 is 1.95 bits per heavy atom. The molecule has 3 heteroatoms. The van der Waals surface area contributed by atoms with Crippen LogP contribution in [0.4, 0.5) is 0 Å². The lowest BCUT2D eigenvalue weighted by molar-refractivity contribution is 0.552. The van der Waals surface area contributed by atoms with Gasteiger partial charge in [-0.15, -0.1) is 0 Å². The number of aromatic nitrogens is 2. The topological polar surface area (TPSA) is 37.8 Å². The van der Waals surface area contributed by atoms with Crippen molar-refractivity contribution in [1.82, 2.24) is 15.3 Å². The quantitative estimate of drug-likeness (QED) is 0.775. The van der Waals surface area contributed by atoms with Gasteiger partial charge in [-0.05, 0) is 42.3 Å². The minimum atomic E-state index is 0.270. The summed E-state index contributed by atoms with van der Waals surface area (Å²) in [7, 11) is 0. The Kier molecular flexibility index (Phi) is 4.22. The summed E-state index contributed by atoms with van der Waals surface area (Å²) < 4.78 is 0. The van der Waals surface area contributed by atoms with Crippen molar-refractivity contribution >= 4 is 10.9 Å². The number of rotatable bonds is 5. The van der Waals surface area contributed by atoms with Crippen LogP contribution in [0, 0.1) is 0 Å². The maximum Gasteiger partial charge on any atom is 0.0705 e. The summed E-state index contributed by atoms with van der Waals surface area (Å²) in [5.74, 6) is 0. The Morgan fingerprint density at radius 3 is 2.76 bits per heavy atom. The van der Waals surface area contributed by atoms with Crippen molar-refractivity contribution in [1.29, 1.82) is 0 Å². The van der Waals surface area contributed by atoms with Crippen molar-refractivity contribution in [3.8, 4) is 0 Å². The highest BCUT2D eigenvalue weighted by Crippen LogP contribution is 2.25. The largest absolute Gasteiger partial charge is 0.310 e. The van der Waals surface area contributed by atoms with Crippen molar-refractivity contribution in [2.45, 2.75) is 19.4 Å². The van der Waals surface area contributed by atoms with Crippen LogP contribution in [-0.2, 0) is 6.42 Å². The van der Waals surface area contributed by atoms with Gasteiger partial charge in [0.05, 0.1) is 5.52 Å². The molecule has 1 N–H and O–H groups in total. The van der Waals surface area contributed by atoms with E-state index < -0.39 is 0 Å². The first-order valence-electron chi connectivity index (χ1n) is 7.34. The summed E-state index contributed by atoms with van der Waals surface area (Å²) in [5.41, 5.74) is 3.58. The average molecular weight is 277 g/mol. The first kappa shape index (κ1) is 13.7. The zero-order valence-corrected chi connectivity index (χ0v) is 12.2. The maximum atomic E-state index is 4.45. The molecule has 3 rings (SSSR count). The third-order valence-electron chi connectivity index (χ3n) is 3.67. The van der Waals surface area contributed by atoms with Crippen molar-refractivity contribution < 1.29 is 0 Å². The summed E-state index contributed by atoms with van der Waals surface area (Å²) in [4.78, 5) is 8.67. The highest BCUT2D eigenvalue weighted by atomic mass is 14.9. The minimum absolute atomic E-state index is 0.270. The molecule has 0 fully saturated rings. The van der Waals surface area contributed by atoms with Crippen molar-refractivity contribution in [3.63, 3.8) is 0 Å². The van der Waals surface area contributed by atoms with Gasteiger partial charge in [0.2, 0.25) is 0 Å². The van der Waals surface area contributed by atoms with Crippen LogP contribution < -0.4 is 5.32 Å². The van der Waals surface area contributed by atoms with Crippen LogP contribution in [0.25, 0.3) is 10.9 Å². The number of hydrogen-bond acceptors (Lipinski definition) is 3. The second-order valence-corrected chi connectivity index (χ2v) is 5.09. The monoisotopic (exact) mass is 277 g/mol. The van der Waals surface area contributed by atoms with E-state index in [0.29, 0.717) is 0 Å². The van der Waals surface area contributed by atoms with E-state index in [1.165, 1.54) is 16.5 Å². The van der Waals surface area contributed by atoms with Gasteiger partial charge in [-0.2, -0.15) is 0 Å². The zero-order valence-electron chi connectivity index (χ0n) is 12.2. The molecular formula is C18H19N3. The van der Waals surface area contributed by atoms with E-state index >= 15 is 0 Å². The normalized spacial score (nSPS) is 12.4. The summed E-state index contributed by atoms with van der Waals surface area (Å²) in [5, 5.41) is 4.80. The van der Waals surface area contributed by atoms with Gasteiger partial charge in [-0.3, -0.25) is 9.97 Å². The first-order chi connectivity index (χ1) is 10.4. The molecule has 0 spiro atoms. The predicted molar refractivity (Wildman–Crippen MR) is 86.1 cm³/mol. The van der Waals surface area contributed by atoms with Crippen LogP contribution >= 0.6 is 0 Å². The van der Waals surface area contributed by atoms with Gasteiger partial charge in [0.25, 0.3) is 0 Å². The Balaban J connectivity index is 1.99. The van der Waals surface area contributed by atoms with Crippen LogP contribution in [0.15, 0.2) is 61.1 Å². The van der Waals surface area contributed by atoms with Crippen molar-refractivity contribution in [2.75, 3.05) is 6.54 Å². The number of nitrogens with one attached hydrogen (secondary N) is 1. The van der Waals surface area contributed by atoms with Gasteiger partial charge in [0.15, 0.2) is 0 Å². The van der Waals surface area contributed by atoms with E-state index in [1.807, 2.05) is 30.7 Å². The number of benzene rings is 1. The smallest absolute Gasteiger partial charge is 0.0705 e. The molecule has 0 aliphatic carbocycles. The van der Waals surface area contributed by atoms with Gasteiger partial charge in [0.1, 0.15) is 0 Å². The van der Waals surface area contributed by atoms with E-state index in [2.05, 4.69) is 52.5 Å². The standard InChI is InChI=1S/C18H19N3/c1-2-20-18(12-14-6-4-10-19-13-14)16-7-3-9-17-15(16)8-5-11-21-17/h3-11,13,18,20H,2,12H2,1H3. The molecule has 106 valence electrons. The highest BCUT2D eigenvalue weighted by molar-refractivity contribution is 5.82. The van der Waals surface area contributed by atoms with Gasteiger partial charge in [0, 0.05) is 30.0 Å². The molecule has 21 heavy (non-hydrogen) atoms.